The molecule has 1 N–H and O–H groups in total. The number of likely N-dealkylation sites (N-methyl/N-ethyl adjacent to an activating group) is 1. The number of rotatable bonds is 6. The first-order valence-corrected chi connectivity index (χ1v) is 9.05. The van der Waals surface area contributed by atoms with Crippen molar-refractivity contribution in [3.63, 3.8) is 0 Å². The second-order valence-corrected chi connectivity index (χ2v) is 6.78. The molecule has 0 aliphatic carbocycles. The molecule has 0 bridgehead atoms. The van der Waals surface area contributed by atoms with Gasteiger partial charge in [0.2, 0.25) is 12.7 Å². The standard InChI is InChI=1S/C21H22N4O3/c1-24(2)20(15-8-9-18-19(12-15)28-14-27-18)21(26)22-13-16-6-3-4-7-17(16)25-11-5-10-23-25/h3-12,20H,13-14H2,1-2H3,(H,22,26)/t20-/m1/s1. The van der Waals surface area contributed by atoms with Crippen LogP contribution in [-0.2, 0) is 11.3 Å². The number of carbonyl (C=O) groups is 1. The van der Waals surface area contributed by atoms with Crippen LogP contribution in [0.3, 0.4) is 0 Å². The topological polar surface area (TPSA) is 68.6 Å². The van der Waals surface area contributed by atoms with E-state index in [0.29, 0.717) is 18.0 Å². The average molecular weight is 378 g/mol. The zero-order valence-electron chi connectivity index (χ0n) is 15.8. The third-order valence-electron chi connectivity index (χ3n) is 4.67. The van der Waals surface area contributed by atoms with Gasteiger partial charge in [0.25, 0.3) is 0 Å². The van der Waals surface area contributed by atoms with Crippen LogP contribution < -0.4 is 14.8 Å². The molecule has 1 atom stereocenters. The third-order valence-corrected chi connectivity index (χ3v) is 4.67. The Morgan fingerprint density at radius 1 is 1.18 bits per heavy atom. The van der Waals surface area contributed by atoms with Crippen LogP contribution in [0.4, 0.5) is 0 Å². The van der Waals surface area contributed by atoms with E-state index >= 15 is 0 Å². The normalized spacial score (nSPS) is 13.5. The van der Waals surface area contributed by atoms with Gasteiger partial charge in [-0.05, 0) is 49.5 Å². The first-order chi connectivity index (χ1) is 13.6. The summed E-state index contributed by atoms with van der Waals surface area (Å²) in [4.78, 5) is 14.9. The Hall–Kier alpha value is -3.32. The van der Waals surface area contributed by atoms with Crippen molar-refractivity contribution in [2.45, 2.75) is 12.6 Å². The van der Waals surface area contributed by atoms with Gasteiger partial charge in [0, 0.05) is 18.9 Å². The molecule has 0 saturated carbocycles. The van der Waals surface area contributed by atoms with Crippen LogP contribution in [0.1, 0.15) is 17.2 Å². The van der Waals surface area contributed by atoms with Gasteiger partial charge in [0.1, 0.15) is 6.04 Å². The fourth-order valence-corrected chi connectivity index (χ4v) is 3.34. The zero-order chi connectivity index (χ0) is 19.5. The minimum Gasteiger partial charge on any atom is -0.454 e. The van der Waals surface area contributed by atoms with Crippen molar-refractivity contribution in [3.8, 4) is 17.2 Å². The number of para-hydroxylation sites is 1. The lowest BCUT2D eigenvalue weighted by Gasteiger charge is -2.24. The van der Waals surface area contributed by atoms with Crippen LogP contribution in [-0.4, -0.2) is 41.5 Å². The number of hydrogen-bond donors (Lipinski definition) is 1. The predicted molar refractivity (Wildman–Crippen MR) is 104 cm³/mol. The molecule has 1 aliphatic rings. The molecule has 28 heavy (non-hydrogen) atoms. The van der Waals surface area contributed by atoms with Crippen molar-refractivity contribution in [1.29, 1.82) is 0 Å². The SMILES string of the molecule is CN(C)[C@@H](C(=O)NCc1ccccc1-n1cccn1)c1ccc2c(c1)OCO2. The van der Waals surface area contributed by atoms with Crippen molar-refractivity contribution in [2.75, 3.05) is 20.9 Å². The molecule has 1 aliphatic heterocycles. The van der Waals surface area contributed by atoms with E-state index in [2.05, 4.69) is 10.4 Å². The third kappa shape index (κ3) is 3.57. The number of aromatic nitrogens is 2. The summed E-state index contributed by atoms with van der Waals surface area (Å²) in [6, 6.07) is 14.9. The maximum atomic E-state index is 13.0. The number of ether oxygens (including phenoxy) is 2. The molecule has 2 aromatic carbocycles. The van der Waals surface area contributed by atoms with E-state index in [1.54, 1.807) is 10.9 Å². The highest BCUT2D eigenvalue weighted by atomic mass is 16.7. The van der Waals surface area contributed by atoms with Crippen molar-refractivity contribution in [1.82, 2.24) is 20.0 Å². The van der Waals surface area contributed by atoms with Crippen molar-refractivity contribution in [3.05, 3.63) is 72.1 Å². The van der Waals surface area contributed by atoms with E-state index in [4.69, 9.17) is 9.47 Å². The van der Waals surface area contributed by atoms with Crippen molar-refractivity contribution < 1.29 is 14.3 Å². The number of fused-ring (bicyclic) bond motifs is 1. The Morgan fingerprint density at radius 2 is 2.00 bits per heavy atom. The predicted octanol–water partition coefficient (Wildman–Crippen LogP) is 2.52. The largest absolute Gasteiger partial charge is 0.454 e. The first-order valence-electron chi connectivity index (χ1n) is 9.05. The maximum Gasteiger partial charge on any atom is 0.242 e. The smallest absolute Gasteiger partial charge is 0.242 e. The van der Waals surface area contributed by atoms with E-state index in [0.717, 1.165) is 16.8 Å². The number of amides is 1. The van der Waals surface area contributed by atoms with Gasteiger partial charge in [-0.1, -0.05) is 24.3 Å². The molecule has 1 aromatic heterocycles. The number of carbonyl (C=O) groups excluding carboxylic acids is 1. The lowest BCUT2D eigenvalue weighted by Crippen LogP contribution is -2.36. The van der Waals surface area contributed by atoms with Crippen LogP contribution in [0, 0.1) is 0 Å². The summed E-state index contributed by atoms with van der Waals surface area (Å²) in [5.74, 6) is 1.29. The number of nitrogens with one attached hydrogen (secondary N) is 1. The summed E-state index contributed by atoms with van der Waals surface area (Å²) >= 11 is 0. The van der Waals surface area contributed by atoms with E-state index < -0.39 is 6.04 Å². The quantitative estimate of drug-likeness (QED) is 0.714. The lowest BCUT2D eigenvalue weighted by molar-refractivity contribution is -0.125. The van der Waals surface area contributed by atoms with Gasteiger partial charge in [0.15, 0.2) is 11.5 Å². The average Bonchev–Trinajstić information content (AvgIpc) is 3.38. The summed E-state index contributed by atoms with van der Waals surface area (Å²) in [6.07, 6.45) is 3.62. The molecule has 7 nitrogen and oxygen atoms in total. The highest BCUT2D eigenvalue weighted by Gasteiger charge is 2.25. The molecule has 0 spiro atoms. The molecule has 0 saturated heterocycles. The molecule has 7 heteroatoms. The number of hydrogen-bond acceptors (Lipinski definition) is 5. The van der Waals surface area contributed by atoms with Crippen molar-refractivity contribution in [2.24, 2.45) is 0 Å². The zero-order valence-corrected chi connectivity index (χ0v) is 15.8. The molecule has 4 rings (SSSR count). The second kappa shape index (κ2) is 7.74. The van der Waals surface area contributed by atoms with Gasteiger partial charge < -0.3 is 14.8 Å². The Morgan fingerprint density at radius 3 is 2.79 bits per heavy atom. The molecule has 2 heterocycles. The minimum absolute atomic E-state index is 0.0841. The highest BCUT2D eigenvalue weighted by Crippen LogP contribution is 2.35. The van der Waals surface area contributed by atoms with Crippen molar-refractivity contribution >= 4 is 5.91 Å². The molecular formula is C21H22N4O3. The minimum atomic E-state index is -0.439. The first kappa shape index (κ1) is 18.1. The summed E-state index contributed by atoms with van der Waals surface area (Å²) in [7, 11) is 3.76. The molecule has 3 aromatic rings. The molecule has 1 amide bonds. The Balaban J connectivity index is 1.52. The highest BCUT2D eigenvalue weighted by molar-refractivity contribution is 5.83. The summed E-state index contributed by atoms with van der Waals surface area (Å²) in [6.45, 7) is 0.617. The molecule has 0 radical (unpaired) electrons. The fourth-order valence-electron chi connectivity index (χ4n) is 3.34. The Labute approximate surface area is 163 Å². The lowest BCUT2D eigenvalue weighted by atomic mass is 10.0. The summed E-state index contributed by atoms with van der Waals surface area (Å²) < 4.78 is 12.6. The second-order valence-electron chi connectivity index (χ2n) is 6.78. The Bertz CT molecular complexity index is 970. The Kier molecular flexibility index (Phi) is 4.99. The van der Waals surface area contributed by atoms with Crippen LogP contribution in [0.2, 0.25) is 0 Å². The summed E-state index contributed by atoms with van der Waals surface area (Å²) in [5, 5.41) is 7.34. The number of nitrogens with zero attached hydrogens (tertiary/aromatic N) is 3. The monoisotopic (exact) mass is 378 g/mol. The van der Waals surface area contributed by atoms with E-state index in [-0.39, 0.29) is 12.7 Å². The van der Waals surface area contributed by atoms with Gasteiger partial charge >= 0.3 is 0 Å². The van der Waals surface area contributed by atoms with Gasteiger partial charge in [-0.15, -0.1) is 0 Å². The van der Waals surface area contributed by atoms with Gasteiger partial charge in [-0.3, -0.25) is 9.69 Å². The molecule has 0 unspecified atom stereocenters. The summed E-state index contributed by atoms with van der Waals surface area (Å²) in [5.41, 5.74) is 2.78. The van der Waals surface area contributed by atoms with Gasteiger partial charge in [-0.25, -0.2) is 4.68 Å². The molecule has 0 fully saturated rings. The van der Waals surface area contributed by atoms with Crippen LogP contribution in [0.25, 0.3) is 5.69 Å². The molecular weight excluding hydrogens is 356 g/mol. The number of benzene rings is 2. The van der Waals surface area contributed by atoms with E-state index in [1.165, 1.54) is 0 Å². The van der Waals surface area contributed by atoms with Crippen LogP contribution in [0.15, 0.2) is 60.9 Å². The van der Waals surface area contributed by atoms with Crippen LogP contribution in [0.5, 0.6) is 11.5 Å². The van der Waals surface area contributed by atoms with E-state index in [1.807, 2.05) is 73.7 Å². The molecule has 144 valence electrons. The maximum absolute atomic E-state index is 13.0. The van der Waals surface area contributed by atoms with E-state index in [9.17, 15) is 4.79 Å². The van der Waals surface area contributed by atoms with Gasteiger partial charge in [-0.2, -0.15) is 5.10 Å². The van der Waals surface area contributed by atoms with Gasteiger partial charge in [0.05, 0.1) is 5.69 Å². The van der Waals surface area contributed by atoms with Crippen LogP contribution >= 0.6 is 0 Å². The fraction of sp³-hybridized carbons (Fsp3) is 0.238.